The summed E-state index contributed by atoms with van der Waals surface area (Å²) in [7, 11) is 0. The molecule has 2 fully saturated rings. The van der Waals surface area contributed by atoms with Crippen LogP contribution >= 0.6 is 0 Å². The Morgan fingerprint density at radius 3 is 2.43 bits per heavy atom. The van der Waals surface area contributed by atoms with Crippen molar-refractivity contribution in [1.29, 1.82) is 0 Å². The number of aliphatic hydroxyl groups excluding tert-OH is 2. The maximum atomic E-state index is 11.5. The Hall–Kier alpha value is -0.950. The molecule has 0 aromatic carbocycles. The highest BCUT2D eigenvalue weighted by atomic mass is 16.6. The van der Waals surface area contributed by atoms with E-state index >= 15 is 0 Å². The van der Waals surface area contributed by atoms with Crippen LogP contribution in [-0.4, -0.2) is 57.9 Å². The molecule has 0 saturated carbocycles. The van der Waals surface area contributed by atoms with Crippen molar-refractivity contribution in [3.8, 4) is 0 Å². The van der Waals surface area contributed by atoms with Gasteiger partial charge in [-0.1, -0.05) is 0 Å². The minimum atomic E-state index is -1.15. The van der Waals surface area contributed by atoms with Crippen LogP contribution in [0.25, 0.3) is 0 Å². The van der Waals surface area contributed by atoms with Crippen LogP contribution in [0.3, 0.4) is 0 Å². The Balaban J connectivity index is 2.32. The zero-order valence-electron chi connectivity index (χ0n) is 13.1. The molecule has 0 spiro atoms. The molecule has 0 amide bonds. The molecule has 6 unspecified atom stereocenters. The molecule has 6 heteroatoms. The van der Waals surface area contributed by atoms with Gasteiger partial charge >= 0.3 is 5.97 Å². The molecule has 2 N–H and O–H groups in total. The second-order valence-electron chi connectivity index (χ2n) is 6.30. The maximum Gasteiger partial charge on any atom is 0.330 e. The van der Waals surface area contributed by atoms with E-state index in [9.17, 15) is 15.0 Å². The zero-order chi connectivity index (χ0) is 16.1. The molecule has 0 aromatic rings. The Morgan fingerprint density at radius 2 is 1.86 bits per heavy atom. The molecule has 2 aliphatic heterocycles. The molecule has 6 atom stereocenters. The minimum Gasteiger partial charge on any atom is -0.463 e. The van der Waals surface area contributed by atoms with Crippen LogP contribution in [0.1, 0.15) is 34.6 Å². The van der Waals surface area contributed by atoms with E-state index in [4.69, 9.17) is 14.2 Å². The zero-order valence-corrected chi connectivity index (χ0v) is 13.1. The van der Waals surface area contributed by atoms with E-state index in [0.29, 0.717) is 0 Å². The molecule has 6 nitrogen and oxygen atoms in total. The predicted molar refractivity (Wildman–Crippen MR) is 74.6 cm³/mol. The van der Waals surface area contributed by atoms with Crippen LogP contribution < -0.4 is 0 Å². The summed E-state index contributed by atoms with van der Waals surface area (Å²) in [6.45, 7) is 8.85. The molecule has 120 valence electrons. The van der Waals surface area contributed by atoms with Crippen molar-refractivity contribution >= 4 is 5.97 Å². The molecule has 2 rings (SSSR count). The molecular formula is C15H24O6. The smallest absolute Gasteiger partial charge is 0.330 e. The minimum absolute atomic E-state index is 0.275. The van der Waals surface area contributed by atoms with Crippen molar-refractivity contribution in [3.63, 3.8) is 0 Å². The number of fused-ring (bicyclic) bond motifs is 2. The van der Waals surface area contributed by atoms with Crippen LogP contribution in [0.2, 0.25) is 0 Å². The summed E-state index contributed by atoms with van der Waals surface area (Å²) >= 11 is 0. The van der Waals surface area contributed by atoms with Gasteiger partial charge in [-0.3, -0.25) is 0 Å². The normalized spacial score (nSPS) is 49.6. The summed E-state index contributed by atoms with van der Waals surface area (Å²) in [5.74, 6) is -0.503. The first-order valence-corrected chi connectivity index (χ1v) is 7.20. The second kappa shape index (κ2) is 5.05. The van der Waals surface area contributed by atoms with Crippen LogP contribution in [0.4, 0.5) is 0 Å². The molecule has 0 aromatic heterocycles. The van der Waals surface area contributed by atoms with Crippen molar-refractivity contribution in [2.75, 3.05) is 6.61 Å². The summed E-state index contributed by atoms with van der Waals surface area (Å²) in [5.41, 5.74) is -3.26. The van der Waals surface area contributed by atoms with Crippen LogP contribution in [0, 0.1) is 0 Å². The van der Waals surface area contributed by atoms with Crippen molar-refractivity contribution in [2.24, 2.45) is 0 Å². The number of aliphatic hydroxyl groups is 2. The average molecular weight is 300 g/mol. The Morgan fingerprint density at radius 1 is 1.24 bits per heavy atom. The fourth-order valence-corrected chi connectivity index (χ4v) is 3.35. The molecular weight excluding hydrogens is 276 g/mol. The molecule has 0 radical (unpaired) electrons. The van der Waals surface area contributed by atoms with Crippen LogP contribution in [0.5, 0.6) is 0 Å². The third-order valence-electron chi connectivity index (χ3n) is 4.69. The molecule has 2 bridgehead atoms. The van der Waals surface area contributed by atoms with Gasteiger partial charge in [0, 0.05) is 6.08 Å². The fourth-order valence-electron chi connectivity index (χ4n) is 3.35. The number of ether oxygens (including phenoxy) is 3. The number of carbonyl (C=O) groups excluding carboxylic acids is 1. The fraction of sp³-hybridized carbons (Fsp3) is 0.800. The number of hydrogen-bond donors (Lipinski definition) is 2. The first kappa shape index (κ1) is 16.4. The van der Waals surface area contributed by atoms with Gasteiger partial charge in [0.2, 0.25) is 0 Å². The Bertz CT molecular complexity index is 463. The van der Waals surface area contributed by atoms with Gasteiger partial charge in [-0.2, -0.15) is 0 Å². The van der Waals surface area contributed by atoms with Crippen LogP contribution in [-0.2, 0) is 19.0 Å². The largest absolute Gasteiger partial charge is 0.463 e. The lowest BCUT2D eigenvalue weighted by molar-refractivity contribution is -0.261. The van der Waals surface area contributed by atoms with E-state index in [2.05, 4.69) is 0 Å². The van der Waals surface area contributed by atoms with Crippen molar-refractivity contribution in [2.45, 2.75) is 69.7 Å². The van der Waals surface area contributed by atoms with Gasteiger partial charge < -0.3 is 24.4 Å². The molecule has 21 heavy (non-hydrogen) atoms. The highest BCUT2D eigenvalue weighted by Crippen LogP contribution is 2.52. The first-order chi connectivity index (χ1) is 9.60. The van der Waals surface area contributed by atoms with Crippen molar-refractivity contribution in [1.82, 2.24) is 0 Å². The van der Waals surface area contributed by atoms with Gasteiger partial charge in [0.1, 0.15) is 29.0 Å². The summed E-state index contributed by atoms with van der Waals surface area (Å²) in [6.07, 6.45) is 0.244. The lowest BCUT2D eigenvalue weighted by atomic mass is 9.73. The SMILES string of the molecule is CCOC(=O)C=CC1(C)OC2(C)C(C)OC(C)(C1O)C2O. The lowest BCUT2D eigenvalue weighted by Gasteiger charge is -2.51. The average Bonchev–Trinajstić information content (AvgIpc) is 2.54. The number of carbonyl (C=O) groups is 1. The van der Waals surface area contributed by atoms with Gasteiger partial charge in [-0.15, -0.1) is 0 Å². The van der Waals surface area contributed by atoms with Gasteiger partial charge in [0.15, 0.2) is 0 Å². The first-order valence-electron chi connectivity index (χ1n) is 7.20. The summed E-state index contributed by atoms with van der Waals surface area (Å²) < 4.78 is 16.6. The molecule has 2 saturated heterocycles. The van der Waals surface area contributed by atoms with Crippen molar-refractivity contribution < 1.29 is 29.2 Å². The van der Waals surface area contributed by atoms with E-state index < -0.39 is 35.0 Å². The Kier molecular flexibility index (Phi) is 3.95. The van der Waals surface area contributed by atoms with E-state index in [-0.39, 0.29) is 12.7 Å². The number of rotatable bonds is 3. The second-order valence-corrected chi connectivity index (χ2v) is 6.30. The van der Waals surface area contributed by atoms with E-state index in [1.54, 1.807) is 34.6 Å². The number of esters is 1. The molecule has 2 aliphatic rings. The summed E-state index contributed by atoms with van der Waals surface area (Å²) in [5, 5.41) is 21.0. The lowest BCUT2D eigenvalue weighted by Crippen LogP contribution is -2.69. The van der Waals surface area contributed by atoms with E-state index in [0.717, 1.165) is 0 Å². The standard InChI is InChI=1S/C15H24O6/c1-6-19-10(16)7-8-13(3)11(17)15(5)12(18)14(4,21-13)9(2)20-15/h7-9,11-12,17-18H,6H2,1-5H3. The summed E-state index contributed by atoms with van der Waals surface area (Å²) in [6, 6.07) is 0. The molecule has 2 heterocycles. The quantitative estimate of drug-likeness (QED) is 0.585. The number of hydrogen-bond acceptors (Lipinski definition) is 6. The monoisotopic (exact) mass is 300 g/mol. The third kappa shape index (κ3) is 2.30. The van der Waals surface area contributed by atoms with Gasteiger partial charge in [0.25, 0.3) is 0 Å². The van der Waals surface area contributed by atoms with Gasteiger partial charge in [-0.25, -0.2) is 4.79 Å². The van der Waals surface area contributed by atoms with Crippen LogP contribution in [0.15, 0.2) is 12.2 Å². The predicted octanol–water partition coefficient (Wildman–Crippen LogP) is 0.552. The summed E-state index contributed by atoms with van der Waals surface area (Å²) in [4.78, 5) is 11.5. The van der Waals surface area contributed by atoms with E-state index in [1.807, 2.05) is 0 Å². The highest BCUT2D eigenvalue weighted by Gasteiger charge is 2.70. The maximum absolute atomic E-state index is 11.5. The van der Waals surface area contributed by atoms with Crippen molar-refractivity contribution in [3.05, 3.63) is 12.2 Å². The van der Waals surface area contributed by atoms with E-state index in [1.165, 1.54) is 12.2 Å². The topological polar surface area (TPSA) is 85.2 Å². The Labute approximate surface area is 124 Å². The third-order valence-corrected chi connectivity index (χ3v) is 4.69. The van der Waals surface area contributed by atoms with Gasteiger partial charge in [-0.05, 0) is 40.7 Å². The van der Waals surface area contributed by atoms with Gasteiger partial charge in [0.05, 0.1) is 12.7 Å². The molecule has 0 aliphatic carbocycles. The highest BCUT2D eigenvalue weighted by molar-refractivity contribution is 5.82.